The lowest BCUT2D eigenvalue weighted by atomic mass is 10.1. The van der Waals surface area contributed by atoms with Crippen LogP contribution in [0.5, 0.6) is 0 Å². The molecule has 0 aliphatic carbocycles. The van der Waals surface area contributed by atoms with E-state index in [0.29, 0.717) is 9.90 Å². The van der Waals surface area contributed by atoms with Crippen LogP contribution in [0.1, 0.15) is 40.6 Å². The molecule has 0 aliphatic heterocycles. The molecule has 0 bridgehead atoms. The highest BCUT2D eigenvalue weighted by Crippen LogP contribution is 2.36. The van der Waals surface area contributed by atoms with Gasteiger partial charge in [-0.1, -0.05) is 49.2 Å². The number of aryl methyl sites for hydroxylation is 2. The zero-order chi connectivity index (χ0) is 17.1. The third kappa shape index (κ3) is 3.63. The quantitative estimate of drug-likeness (QED) is 0.557. The number of anilines is 1. The van der Waals surface area contributed by atoms with Gasteiger partial charge in [0.1, 0.15) is 4.88 Å². The lowest BCUT2D eigenvalue weighted by molar-refractivity contribution is 0.103. The maximum Gasteiger partial charge on any atom is 0.267 e. The van der Waals surface area contributed by atoms with Gasteiger partial charge in [0.25, 0.3) is 5.91 Å². The molecule has 0 radical (unpaired) electrons. The van der Waals surface area contributed by atoms with E-state index in [4.69, 9.17) is 11.6 Å². The van der Waals surface area contributed by atoms with Gasteiger partial charge in [-0.15, -0.1) is 11.3 Å². The summed E-state index contributed by atoms with van der Waals surface area (Å²) in [4.78, 5) is 13.1. The van der Waals surface area contributed by atoms with Crippen molar-refractivity contribution in [2.24, 2.45) is 0 Å². The van der Waals surface area contributed by atoms with Gasteiger partial charge >= 0.3 is 0 Å². The number of hydrogen-bond acceptors (Lipinski definition) is 2. The van der Waals surface area contributed by atoms with E-state index in [-0.39, 0.29) is 5.91 Å². The fourth-order valence-corrected chi connectivity index (χ4v) is 4.15. The van der Waals surface area contributed by atoms with E-state index in [9.17, 15) is 4.79 Å². The SMILES string of the molecule is CCCCc1ccc(NC(=O)c2sc3cc(C)ccc3c2Cl)cc1. The zero-order valence-corrected chi connectivity index (χ0v) is 15.4. The van der Waals surface area contributed by atoms with Gasteiger partial charge in [0.05, 0.1) is 5.02 Å². The molecular formula is C20H20ClNOS. The van der Waals surface area contributed by atoms with E-state index in [1.54, 1.807) is 0 Å². The molecule has 4 heteroatoms. The Bertz CT molecular complexity index is 867. The van der Waals surface area contributed by atoms with Crippen LogP contribution in [0.4, 0.5) is 5.69 Å². The Kier molecular flexibility index (Phi) is 5.22. The smallest absolute Gasteiger partial charge is 0.267 e. The molecule has 1 aromatic heterocycles. The number of thiophene rings is 1. The predicted octanol–water partition coefficient (Wildman–Crippen LogP) is 6.46. The second kappa shape index (κ2) is 7.37. The number of carbonyl (C=O) groups excluding carboxylic acids is 1. The Labute approximate surface area is 151 Å². The Balaban J connectivity index is 1.78. The summed E-state index contributed by atoms with van der Waals surface area (Å²) in [7, 11) is 0. The fourth-order valence-electron chi connectivity index (χ4n) is 2.64. The highest BCUT2D eigenvalue weighted by molar-refractivity contribution is 7.21. The second-order valence-corrected chi connectivity index (χ2v) is 7.43. The molecule has 124 valence electrons. The number of unbranched alkanes of at least 4 members (excludes halogenated alkanes) is 1. The van der Waals surface area contributed by atoms with Crippen LogP contribution in [0.2, 0.25) is 5.02 Å². The standard InChI is InChI=1S/C20H20ClNOS/c1-3-4-5-14-7-9-15(10-8-14)22-20(23)19-18(21)16-11-6-13(2)12-17(16)24-19/h6-12H,3-5H2,1-2H3,(H,22,23). The summed E-state index contributed by atoms with van der Waals surface area (Å²) in [5, 5.41) is 4.42. The van der Waals surface area contributed by atoms with Crippen molar-refractivity contribution in [1.29, 1.82) is 0 Å². The highest BCUT2D eigenvalue weighted by atomic mass is 35.5. The second-order valence-electron chi connectivity index (χ2n) is 6.00. The van der Waals surface area contributed by atoms with Crippen molar-refractivity contribution < 1.29 is 4.79 Å². The first-order chi connectivity index (χ1) is 11.6. The van der Waals surface area contributed by atoms with Crippen LogP contribution in [0, 0.1) is 6.92 Å². The molecule has 0 atom stereocenters. The van der Waals surface area contributed by atoms with Crippen LogP contribution in [0.3, 0.4) is 0 Å². The van der Waals surface area contributed by atoms with Gasteiger partial charge in [-0.3, -0.25) is 4.79 Å². The Morgan fingerprint density at radius 2 is 1.92 bits per heavy atom. The van der Waals surface area contributed by atoms with E-state index >= 15 is 0 Å². The monoisotopic (exact) mass is 357 g/mol. The molecule has 0 saturated heterocycles. The van der Waals surface area contributed by atoms with Crippen molar-refractivity contribution in [3.8, 4) is 0 Å². The molecule has 2 aromatic carbocycles. The fraction of sp³-hybridized carbons (Fsp3) is 0.250. The minimum atomic E-state index is -0.153. The number of carbonyl (C=O) groups is 1. The molecule has 1 amide bonds. The minimum Gasteiger partial charge on any atom is -0.321 e. The summed E-state index contributed by atoms with van der Waals surface area (Å²) < 4.78 is 1.04. The van der Waals surface area contributed by atoms with Gasteiger partial charge in [-0.05, 0) is 49.1 Å². The third-order valence-corrected chi connectivity index (χ3v) is 5.68. The maximum atomic E-state index is 12.6. The van der Waals surface area contributed by atoms with Crippen molar-refractivity contribution in [3.05, 3.63) is 63.5 Å². The average molecular weight is 358 g/mol. The van der Waals surface area contributed by atoms with Gasteiger partial charge in [-0.25, -0.2) is 0 Å². The van der Waals surface area contributed by atoms with Crippen LogP contribution in [0.25, 0.3) is 10.1 Å². The van der Waals surface area contributed by atoms with E-state index in [1.165, 1.54) is 29.7 Å². The summed E-state index contributed by atoms with van der Waals surface area (Å²) >= 11 is 7.84. The van der Waals surface area contributed by atoms with E-state index in [1.807, 2.05) is 31.2 Å². The predicted molar refractivity (Wildman–Crippen MR) is 105 cm³/mol. The van der Waals surface area contributed by atoms with Crippen molar-refractivity contribution in [1.82, 2.24) is 0 Å². The zero-order valence-electron chi connectivity index (χ0n) is 13.9. The van der Waals surface area contributed by atoms with Crippen LogP contribution < -0.4 is 5.32 Å². The number of nitrogens with one attached hydrogen (secondary N) is 1. The van der Waals surface area contributed by atoms with Gasteiger partial charge in [0.2, 0.25) is 0 Å². The molecule has 0 spiro atoms. The van der Waals surface area contributed by atoms with Crippen LogP contribution >= 0.6 is 22.9 Å². The van der Waals surface area contributed by atoms with Crippen molar-refractivity contribution in [3.63, 3.8) is 0 Å². The number of amides is 1. The molecule has 1 heterocycles. The number of halogens is 1. The summed E-state index contributed by atoms with van der Waals surface area (Å²) in [5.74, 6) is -0.153. The molecule has 24 heavy (non-hydrogen) atoms. The molecule has 2 nitrogen and oxygen atoms in total. The van der Waals surface area contributed by atoms with Crippen LogP contribution in [-0.2, 0) is 6.42 Å². The maximum absolute atomic E-state index is 12.6. The molecule has 0 fully saturated rings. The topological polar surface area (TPSA) is 29.1 Å². The van der Waals surface area contributed by atoms with E-state index in [2.05, 4.69) is 30.4 Å². The number of fused-ring (bicyclic) bond motifs is 1. The number of benzene rings is 2. The molecular weight excluding hydrogens is 338 g/mol. The lowest BCUT2D eigenvalue weighted by Crippen LogP contribution is -2.10. The normalized spacial score (nSPS) is 11.0. The van der Waals surface area contributed by atoms with Crippen molar-refractivity contribution >= 4 is 44.6 Å². The van der Waals surface area contributed by atoms with Gasteiger partial charge < -0.3 is 5.32 Å². The number of hydrogen-bond donors (Lipinski definition) is 1. The molecule has 0 aliphatic rings. The molecule has 0 saturated carbocycles. The Morgan fingerprint density at radius 1 is 1.17 bits per heavy atom. The minimum absolute atomic E-state index is 0.153. The van der Waals surface area contributed by atoms with Gasteiger partial charge in [-0.2, -0.15) is 0 Å². The first-order valence-electron chi connectivity index (χ1n) is 8.17. The van der Waals surface area contributed by atoms with Crippen molar-refractivity contribution in [2.75, 3.05) is 5.32 Å². The summed E-state index contributed by atoms with van der Waals surface area (Å²) in [6, 6.07) is 14.1. The molecule has 3 aromatic rings. The third-order valence-electron chi connectivity index (χ3n) is 4.02. The summed E-state index contributed by atoms with van der Waals surface area (Å²) in [6.45, 7) is 4.22. The molecule has 1 N–H and O–H groups in total. The number of rotatable bonds is 5. The van der Waals surface area contributed by atoms with Gasteiger partial charge in [0, 0.05) is 15.8 Å². The van der Waals surface area contributed by atoms with Crippen LogP contribution in [-0.4, -0.2) is 5.91 Å². The van der Waals surface area contributed by atoms with Crippen LogP contribution in [0.15, 0.2) is 42.5 Å². The summed E-state index contributed by atoms with van der Waals surface area (Å²) in [6.07, 6.45) is 3.44. The highest BCUT2D eigenvalue weighted by Gasteiger charge is 2.17. The summed E-state index contributed by atoms with van der Waals surface area (Å²) in [5.41, 5.74) is 3.25. The van der Waals surface area contributed by atoms with E-state index in [0.717, 1.165) is 27.8 Å². The average Bonchev–Trinajstić information content (AvgIpc) is 2.90. The Morgan fingerprint density at radius 3 is 2.62 bits per heavy atom. The molecule has 3 rings (SSSR count). The lowest BCUT2D eigenvalue weighted by Gasteiger charge is -2.06. The largest absolute Gasteiger partial charge is 0.321 e. The Hall–Kier alpha value is -1.84. The van der Waals surface area contributed by atoms with E-state index < -0.39 is 0 Å². The van der Waals surface area contributed by atoms with Crippen molar-refractivity contribution in [2.45, 2.75) is 33.1 Å². The molecule has 0 unspecified atom stereocenters. The first-order valence-corrected chi connectivity index (χ1v) is 9.37. The van der Waals surface area contributed by atoms with Gasteiger partial charge in [0.15, 0.2) is 0 Å². The first kappa shape index (κ1) is 17.0.